The van der Waals surface area contributed by atoms with E-state index in [-0.39, 0.29) is 24.0 Å². The van der Waals surface area contributed by atoms with Crippen molar-refractivity contribution in [2.45, 2.75) is 38.8 Å². The van der Waals surface area contributed by atoms with Crippen LogP contribution >= 0.6 is 0 Å². The molecular weight excluding hydrogens is 318 g/mol. The van der Waals surface area contributed by atoms with Crippen LogP contribution in [0.3, 0.4) is 0 Å². The Bertz CT molecular complexity index is 620. The van der Waals surface area contributed by atoms with E-state index in [9.17, 15) is 9.59 Å². The molecule has 1 aromatic rings. The van der Waals surface area contributed by atoms with Crippen LogP contribution in [0.15, 0.2) is 24.3 Å². The molecule has 1 aromatic carbocycles. The molecule has 2 aliphatic rings. The minimum Gasteiger partial charge on any atom is -0.368 e. The predicted octanol–water partition coefficient (Wildman–Crippen LogP) is 1.65. The molecule has 0 radical (unpaired) electrons. The van der Waals surface area contributed by atoms with Crippen LogP contribution in [-0.2, 0) is 14.3 Å². The molecule has 0 unspecified atom stereocenters. The Balaban J connectivity index is 1.50. The first-order chi connectivity index (χ1) is 12.1. The van der Waals surface area contributed by atoms with Crippen LogP contribution in [0.4, 0.5) is 5.69 Å². The van der Waals surface area contributed by atoms with Crippen molar-refractivity contribution < 1.29 is 14.3 Å². The highest BCUT2D eigenvalue weighted by Crippen LogP contribution is 2.18. The first-order valence-corrected chi connectivity index (χ1v) is 9.07. The molecule has 136 valence electrons. The molecule has 1 N–H and O–H groups in total. The lowest BCUT2D eigenvalue weighted by molar-refractivity contribution is -0.143. The van der Waals surface area contributed by atoms with E-state index in [1.54, 1.807) is 0 Å². The zero-order valence-corrected chi connectivity index (χ0v) is 15.0. The number of benzene rings is 1. The number of hydrogen-bond acceptors (Lipinski definition) is 4. The third-order valence-corrected chi connectivity index (χ3v) is 5.16. The van der Waals surface area contributed by atoms with Crippen LogP contribution in [0.25, 0.3) is 0 Å². The van der Waals surface area contributed by atoms with E-state index in [2.05, 4.69) is 10.2 Å². The van der Waals surface area contributed by atoms with Crippen LogP contribution in [0.2, 0.25) is 0 Å². The Kier molecular flexibility index (Phi) is 5.71. The normalized spacial score (nSPS) is 22.6. The molecule has 2 atom stereocenters. The number of amides is 2. The molecule has 0 aliphatic carbocycles. The minimum atomic E-state index is -0.256. The van der Waals surface area contributed by atoms with Crippen molar-refractivity contribution in [1.29, 1.82) is 0 Å². The topological polar surface area (TPSA) is 61.9 Å². The highest BCUT2D eigenvalue weighted by Gasteiger charge is 2.32. The van der Waals surface area contributed by atoms with E-state index in [4.69, 9.17) is 4.74 Å². The largest absolute Gasteiger partial charge is 0.368 e. The summed E-state index contributed by atoms with van der Waals surface area (Å²) in [5, 5.41) is 3.00. The summed E-state index contributed by atoms with van der Waals surface area (Å²) in [4.78, 5) is 28.9. The monoisotopic (exact) mass is 345 g/mol. The van der Waals surface area contributed by atoms with Gasteiger partial charge in [0.1, 0.15) is 6.10 Å². The van der Waals surface area contributed by atoms with Gasteiger partial charge in [0.15, 0.2) is 0 Å². The Morgan fingerprint density at radius 1 is 1.20 bits per heavy atom. The number of nitrogens with zero attached hydrogens (tertiary/aromatic N) is 2. The predicted molar refractivity (Wildman–Crippen MR) is 96.4 cm³/mol. The number of nitrogens with one attached hydrogen (secondary N) is 1. The Hall–Kier alpha value is -1.92. The fourth-order valence-electron chi connectivity index (χ4n) is 3.42. The maximum atomic E-state index is 12.5. The van der Waals surface area contributed by atoms with E-state index >= 15 is 0 Å². The van der Waals surface area contributed by atoms with Gasteiger partial charge in [0.25, 0.3) is 5.91 Å². The molecular formula is C19H27N3O3. The number of carbonyl (C=O) groups is 2. The number of rotatable bonds is 4. The van der Waals surface area contributed by atoms with Gasteiger partial charge in [0.2, 0.25) is 5.91 Å². The Labute approximate surface area is 149 Å². The summed E-state index contributed by atoms with van der Waals surface area (Å²) in [5.74, 6) is 0.0994. The van der Waals surface area contributed by atoms with Crippen molar-refractivity contribution in [3.63, 3.8) is 0 Å². The van der Waals surface area contributed by atoms with Gasteiger partial charge in [-0.2, -0.15) is 0 Å². The van der Waals surface area contributed by atoms with Gasteiger partial charge in [-0.3, -0.25) is 14.5 Å². The van der Waals surface area contributed by atoms with Gasteiger partial charge >= 0.3 is 0 Å². The number of hydrogen-bond donors (Lipinski definition) is 1. The summed E-state index contributed by atoms with van der Waals surface area (Å²) in [6, 6.07) is 7.55. The summed E-state index contributed by atoms with van der Waals surface area (Å²) < 4.78 is 5.49. The molecule has 2 saturated heterocycles. The van der Waals surface area contributed by atoms with Gasteiger partial charge in [0.05, 0.1) is 6.04 Å². The number of aryl methyl sites for hydroxylation is 1. The molecule has 2 aliphatic heterocycles. The lowest BCUT2D eigenvalue weighted by Crippen LogP contribution is -2.55. The van der Waals surface area contributed by atoms with E-state index in [0.717, 1.165) is 24.1 Å². The smallest absolute Gasteiger partial charge is 0.251 e. The van der Waals surface area contributed by atoms with Crippen molar-refractivity contribution in [3.8, 4) is 0 Å². The summed E-state index contributed by atoms with van der Waals surface area (Å²) in [6.45, 7) is 7.32. The molecule has 6 heteroatoms. The third-order valence-electron chi connectivity index (χ3n) is 5.16. The standard InChI is InChI=1S/C19H27N3O3/c1-14-6-3-4-7-16(14)20-18(23)15(2)21-9-11-22(12-10-21)19(24)17-8-5-13-25-17/h3-4,6-7,15,17H,5,8-13H2,1-2H3,(H,20,23)/t15-,17-/m0/s1. The SMILES string of the molecule is Cc1ccccc1NC(=O)[C@H](C)N1CCN(C(=O)[C@@H]2CCCO2)CC1. The van der Waals surface area contributed by atoms with Crippen molar-refractivity contribution in [3.05, 3.63) is 29.8 Å². The molecule has 25 heavy (non-hydrogen) atoms. The molecule has 6 nitrogen and oxygen atoms in total. The molecule has 2 amide bonds. The van der Waals surface area contributed by atoms with E-state index < -0.39 is 0 Å². The maximum absolute atomic E-state index is 12.5. The second kappa shape index (κ2) is 7.97. The number of carbonyl (C=O) groups excluding carboxylic acids is 2. The fraction of sp³-hybridized carbons (Fsp3) is 0.579. The number of para-hydroxylation sites is 1. The molecule has 0 saturated carbocycles. The van der Waals surface area contributed by atoms with Gasteiger partial charge in [-0.05, 0) is 38.3 Å². The van der Waals surface area contributed by atoms with Crippen molar-refractivity contribution in [2.24, 2.45) is 0 Å². The summed E-state index contributed by atoms with van der Waals surface area (Å²) in [5.41, 5.74) is 1.90. The third kappa shape index (κ3) is 4.19. The van der Waals surface area contributed by atoms with Crippen LogP contribution in [-0.4, -0.2) is 66.5 Å². The average Bonchev–Trinajstić information content (AvgIpc) is 3.17. The lowest BCUT2D eigenvalue weighted by atomic mass is 10.1. The lowest BCUT2D eigenvalue weighted by Gasteiger charge is -2.38. The van der Waals surface area contributed by atoms with Crippen molar-refractivity contribution in [2.75, 3.05) is 38.1 Å². The van der Waals surface area contributed by atoms with Gasteiger partial charge in [-0.15, -0.1) is 0 Å². The molecule has 2 fully saturated rings. The molecule has 3 rings (SSSR count). The van der Waals surface area contributed by atoms with E-state index in [1.807, 2.05) is 43.0 Å². The maximum Gasteiger partial charge on any atom is 0.251 e. The molecule has 0 bridgehead atoms. The zero-order chi connectivity index (χ0) is 17.8. The second-order valence-corrected chi connectivity index (χ2v) is 6.84. The summed E-state index contributed by atoms with van der Waals surface area (Å²) in [7, 11) is 0. The summed E-state index contributed by atoms with van der Waals surface area (Å²) in [6.07, 6.45) is 1.54. The van der Waals surface area contributed by atoms with Gasteiger partial charge in [-0.25, -0.2) is 0 Å². The van der Waals surface area contributed by atoms with Crippen LogP contribution in [0, 0.1) is 6.92 Å². The Morgan fingerprint density at radius 3 is 2.56 bits per heavy atom. The number of piperazine rings is 1. The quantitative estimate of drug-likeness (QED) is 0.901. The van der Waals surface area contributed by atoms with E-state index in [1.165, 1.54) is 0 Å². The average molecular weight is 345 g/mol. The van der Waals surface area contributed by atoms with Crippen molar-refractivity contribution >= 4 is 17.5 Å². The number of ether oxygens (including phenoxy) is 1. The first kappa shape index (κ1) is 17.9. The van der Waals surface area contributed by atoms with Crippen LogP contribution in [0.5, 0.6) is 0 Å². The minimum absolute atomic E-state index is 0.00629. The van der Waals surface area contributed by atoms with Gasteiger partial charge < -0.3 is 15.0 Å². The number of anilines is 1. The molecule has 0 spiro atoms. The Morgan fingerprint density at radius 2 is 1.92 bits per heavy atom. The highest BCUT2D eigenvalue weighted by atomic mass is 16.5. The first-order valence-electron chi connectivity index (χ1n) is 9.07. The highest BCUT2D eigenvalue weighted by molar-refractivity contribution is 5.95. The fourth-order valence-corrected chi connectivity index (χ4v) is 3.42. The van der Waals surface area contributed by atoms with Gasteiger partial charge in [-0.1, -0.05) is 18.2 Å². The molecule has 2 heterocycles. The van der Waals surface area contributed by atoms with Crippen molar-refractivity contribution in [1.82, 2.24) is 9.80 Å². The van der Waals surface area contributed by atoms with E-state index in [0.29, 0.717) is 32.8 Å². The van der Waals surface area contributed by atoms with Crippen LogP contribution < -0.4 is 5.32 Å². The second-order valence-electron chi connectivity index (χ2n) is 6.84. The van der Waals surface area contributed by atoms with Gasteiger partial charge in [0, 0.05) is 38.5 Å². The zero-order valence-electron chi connectivity index (χ0n) is 15.0. The molecule has 0 aromatic heterocycles. The summed E-state index contributed by atoms with van der Waals surface area (Å²) >= 11 is 0. The van der Waals surface area contributed by atoms with Crippen LogP contribution in [0.1, 0.15) is 25.3 Å².